The second-order valence-electron chi connectivity index (χ2n) is 14.3. The molecule has 6 heteroatoms. The number of nitrogens with one attached hydrogen (secondary N) is 2. The molecular formula is C33H51N3O3. The molecule has 6 nitrogen and oxygen atoms in total. The predicted octanol–water partition coefficient (Wildman–Crippen LogP) is 8.75. The van der Waals surface area contributed by atoms with Gasteiger partial charge in [0.25, 0.3) is 0 Å². The van der Waals surface area contributed by atoms with Crippen molar-refractivity contribution in [2.24, 2.45) is 39.5 Å². The van der Waals surface area contributed by atoms with Crippen LogP contribution >= 0.6 is 0 Å². The minimum atomic E-state index is -0.0392. The van der Waals surface area contributed by atoms with Crippen LogP contribution in [0.5, 0.6) is 0 Å². The van der Waals surface area contributed by atoms with Crippen molar-refractivity contribution in [3.8, 4) is 0 Å². The smallest absolute Gasteiger partial charge is 0.240 e. The second kappa shape index (κ2) is 12.8. The summed E-state index contributed by atoms with van der Waals surface area (Å²) in [7, 11) is 0. The lowest BCUT2D eigenvalue weighted by Gasteiger charge is -2.36. The first-order chi connectivity index (χ1) is 18.2. The van der Waals surface area contributed by atoms with Crippen LogP contribution < -0.4 is 10.6 Å². The molecular weight excluding hydrogens is 486 g/mol. The van der Waals surface area contributed by atoms with E-state index in [1.54, 1.807) is 12.1 Å². The van der Waals surface area contributed by atoms with Gasteiger partial charge < -0.3 is 10.6 Å². The molecule has 2 aliphatic rings. The van der Waals surface area contributed by atoms with Gasteiger partial charge >= 0.3 is 0 Å². The molecule has 0 bridgehead atoms. The van der Waals surface area contributed by atoms with Crippen molar-refractivity contribution in [2.45, 2.75) is 119 Å². The van der Waals surface area contributed by atoms with Crippen LogP contribution in [0.4, 0.5) is 17.1 Å². The lowest BCUT2D eigenvalue weighted by molar-refractivity contribution is -0.122. The molecule has 2 saturated carbocycles. The van der Waals surface area contributed by atoms with Gasteiger partial charge in [0.2, 0.25) is 17.9 Å². The maximum absolute atomic E-state index is 13.4. The number of hydrogen-bond donors (Lipinski definition) is 2. The Bertz CT molecular complexity index is 1060. The molecule has 2 aliphatic carbocycles. The Hall–Kier alpha value is -2.46. The van der Waals surface area contributed by atoms with Crippen LogP contribution in [-0.4, -0.2) is 17.9 Å². The molecule has 2 amide bonds. The minimum absolute atomic E-state index is 0.00235. The van der Waals surface area contributed by atoms with Crippen molar-refractivity contribution >= 4 is 35.0 Å². The maximum Gasteiger partial charge on any atom is 0.240 e. The molecule has 1 aromatic rings. The third-order valence-electron chi connectivity index (χ3n) is 9.60. The molecule has 0 aliphatic heterocycles. The Labute approximate surface area is 236 Å². The fraction of sp³-hybridized carbons (Fsp3) is 0.727. The van der Waals surface area contributed by atoms with Crippen molar-refractivity contribution in [1.82, 2.24) is 0 Å². The summed E-state index contributed by atoms with van der Waals surface area (Å²) < 4.78 is 0. The quantitative estimate of drug-likeness (QED) is 0.269. The zero-order valence-corrected chi connectivity index (χ0v) is 25.6. The monoisotopic (exact) mass is 537 g/mol. The molecule has 2 fully saturated rings. The average molecular weight is 538 g/mol. The SMILES string of the molecule is CCC(C)c1c(N=C=O)cc(NC(=O)C2CCC(C(C)(C)C)CC2)cc1NC(=O)C1CCC(C(C)(C)C)CC1. The van der Waals surface area contributed by atoms with E-state index in [0.717, 1.165) is 63.4 Å². The average Bonchev–Trinajstić information content (AvgIpc) is 2.87. The largest absolute Gasteiger partial charge is 0.326 e. The van der Waals surface area contributed by atoms with Crippen molar-refractivity contribution in [3.05, 3.63) is 17.7 Å². The highest BCUT2D eigenvalue weighted by Gasteiger charge is 2.34. The van der Waals surface area contributed by atoms with Crippen molar-refractivity contribution < 1.29 is 14.4 Å². The van der Waals surface area contributed by atoms with Gasteiger partial charge in [-0.3, -0.25) is 9.59 Å². The van der Waals surface area contributed by atoms with Crippen LogP contribution in [0.15, 0.2) is 17.1 Å². The number of aliphatic imine (C=N–C) groups is 1. The predicted molar refractivity (Wildman–Crippen MR) is 160 cm³/mol. The van der Waals surface area contributed by atoms with E-state index in [2.05, 4.69) is 71.0 Å². The Balaban J connectivity index is 1.81. The molecule has 1 atom stereocenters. The highest BCUT2D eigenvalue weighted by Crippen LogP contribution is 2.43. The Morgan fingerprint density at radius 3 is 1.72 bits per heavy atom. The fourth-order valence-electron chi connectivity index (χ4n) is 6.60. The molecule has 39 heavy (non-hydrogen) atoms. The van der Waals surface area contributed by atoms with Crippen LogP contribution in [-0.2, 0) is 14.4 Å². The van der Waals surface area contributed by atoms with E-state index in [1.165, 1.54) is 0 Å². The highest BCUT2D eigenvalue weighted by molar-refractivity contribution is 5.98. The van der Waals surface area contributed by atoms with Gasteiger partial charge in [-0.1, -0.05) is 55.4 Å². The van der Waals surface area contributed by atoms with E-state index < -0.39 is 0 Å². The van der Waals surface area contributed by atoms with Gasteiger partial charge in [0, 0.05) is 28.8 Å². The van der Waals surface area contributed by atoms with Crippen LogP contribution in [0.3, 0.4) is 0 Å². The first-order valence-electron chi connectivity index (χ1n) is 15.1. The maximum atomic E-state index is 13.4. The second-order valence-corrected chi connectivity index (χ2v) is 14.3. The summed E-state index contributed by atoms with van der Waals surface area (Å²) in [6.07, 6.45) is 10.2. The summed E-state index contributed by atoms with van der Waals surface area (Å²) in [5, 5.41) is 6.27. The van der Waals surface area contributed by atoms with Crippen molar-refractivity contribution in [3.63, 3.8) is 0 Å². The summed E-state index contributed by atoms with van der Waals surface area (Å²) in [4.78, 5) is 42.1. The molecule has 0 radical (unpaired) electrons. The molecule has 3 rings (SSSR count). The zero-order chi connectivity index (χ0) is 29.0. The first-order valence-corrected chi connectivity index (χ1v) is 15.1. The number of rotatable bonds is 7. The van der Waals surface area contributed by atoms with E-state index in [-0.39, 0.29) is 40.4 Å². The number of amides is 2. The Morgan fingerprint density at radius 2 is 1.31 bits per heavy atom. The van der Waals surface area contributed by atoms with Gasteiger partial charge in [-0.25, -0.2) is 4.79 Å². The number of benzene rings is 1. The number of anilines is 2. The van der Waals surface area contributed by atoms with Crippen LogP contribution in [0.25, 0.3) is 0 Å². The topological polar surface area (TPSA) is 87.6 Å². The molecule has 1 unspecified atom stereocenters. The number of carbonyl (C=O) groups is 2. The summed E-state index contributed by atoms with van der Waals surface area (Å²) in [6, 6.07) is 3.60. The lowest BCUT2D eigenvalue weighted by Crippen LogP contribution is -2.32. The molecule has 0 spiro atoms. The third kappa shape index (κ3) is 8.03. The van der Waals surface area contributed by atoms with E-state index >= 15 is 0 Å². The summed E-state index contributed by atoms with van der Waals surface area (Å²) in [5.74, 6) is 1.26. The number of carbonyl (C=O) groups excluding carboxylic acids is 3. The number of isocyanates is 1. The molecule has 0 saturated heterocycles. The minimum Gasteiger partial charge on any atom is -0.326 e. The summed E-state index contributed by atoms with van der Waals surface area (Å²) in [6.45, 7) is 17.8. The van der Waals surface area contributed by atoms with Gasteiger partial charge in [0.1, 0.15) is 0 Å². The Kier molecular flexibility index (Phi) is 10.2. The van der Waals surface area contributed by atoms with Crippen molar-refractivity contribution in [1.29, 1.82) is 0 Å². The molecule has 2 N–H and O–H groups in total. The zero-order valence-electron chi connectivity index (χ0n) is 25.6. The normalized spacial score (nSPS) is 24.8. The molecule has 0 aromatic heterocycles. The summed E-state index contributed by atoms with van der Waals surface area (Å²) >= 11 is 0. The summed E-state index contributed by atoms with van der Waals surface area (Å²) in [5.41, 5.74) is 2.99. The molecule has 1 aromatic carbocycles. The van der Waals surface area contributed by atoms with Crippen LogP contribution in [0.2, 0.25) is 0 Å². The third-order valence-corrected chi connectivity index (χ3v) is 9.60. The van der Waals surface area contributed by atoms with Gasteiger partial charge in [0.05, 0.1) is 5.69 Å². The van der Waals surface area contributed by atoms with Gasteiger partial charge in [0.15, 0.2) is 0 Å². The van der Waals surface area contributed by atoms with Gasteiger partial charge in [-0.2, -0.15) is 4.99 Å². The standard InChI is InChI=1S/C33H51N3O3/c1-9-21(2)29-27(34-20-37)18-26(35-30(38)22-10-14-24(15-11-22)32(3,4)5)19-28(29)36-31(39)23-12-16-25(17-13-23)33(6,7)8/h18-19,21-25H,9-17H2,1-8H3,(H,35,38)(H,36,39). The van der Waals surface area contributed by atoms with Crippen molar-refractivity contribution in [2.75, 3.05) is 10.6 Å². The first kappa shape index (κ1) is 31.1. The number of nitrogens with zero attached hydrogens (tertiary/aromatic N) is 1. The van der Waals surface area contributed by atoms with E-state index in [9.17, 15) is 14.4 Å². The molecule has 0 heterocycles. The number of hydrogen-bond acceptors (Lipinski definition) is 4. The van der Waals surface area contributed by atoms with E-state index in [0.29, 0.717) is 28.9 Å². The lowest BCUT2D eigenvalue weighted by atomic mass is 9.69. The molecule has 216 valence electrons. The Morgan fingerprint density at radius 1 is 0.846 bits per heavy atom. The van der Waals surface area contributed by atoms with E-state index in [4.69, 9.17) is 0 Å². The van der Waals surface area contributed by atoms with Gasteiger partial charge in [-0.15, -0.1) is 0 Å². The van der Waals surface area contributed by atoms with Crippen LogP contribution in [0.1, 0.15) is 125 Å². The fourth-order valence-corrected chi connectivity index (χ4v) is 6.60. The van der Waals surface area contributed by atoms with Crippen LogP contribution in [0, 0.1) is 34.5 Å². The highest BCUT2D eigenvalue weighted by atomic mass is 16.2. The van der Waals surface area contributed by atoms with E-state index in [1.807, 2.05) is 6.07 Å². The van der Waals surface area contributed by atoms with Gasteiger partial charge in [-0.05, 0) is 98.5 Å².